The zero-order valence-corrected chi connectivity index (χ0v) is 14.2. The number of aliphatic hydroxyl groups excluding tert-OH is 1. The lowest BCUT2D eigenvalue weighted by Gasteiger charge is -2.26. The van der Waals surface area contributed by atoms with E-state index in [0.29, 0.717) is 26.4 Å². The van der Waals surface area contributed by atoms with Crippen molar-refractivity contribution in [2.45, 2.75) is 77.1 Å². The van der Waals surface area contributed by atoms with Gasteiger partial charge in [0.2, 0.25) is 0 Å². The Balaban J connectivity index is 1.84. The fraction of sp³-hybridized carbons (Fsp3) is 0.889. The zero-order chi connectivity index (χ0) is 15.9. The number of allylic oxidation sites excluding steroid dienone is 2. The van der Waals surface area contributed by atoms with Crippen molar-refractivity contribution in [2.75, 3.05) is 26.4 Å². The Morgan fingerprint density at radius 3 is 2.45 bits per heavy atom. The van der Waals surface area contributed by atoms with Crippen LogP contribution in [0.3, 0.4) is 0 Å². The third-order valence-electron chi connectivity index (χ3n) is 3.85. The van der Waals surface area contributed by atoms with Crippen LogP contribution in [0.4, 0.5) is 0 Å². The average Bonchev–Trinajstić information content (AvgIpc) is 2.53. The molecule has 1 aliphatic heterocycles. The molecule has 4 heteroatoms. The fourth-order valence-electron chi connectivity index (χ4n) is 2.53. The molecule has 130 valence electrons. The first-order chi connectivity index (χ1) is 10.8. The van der Waals surface area contributed by atoms with Crippen LogP contribution in [0.15, 0.2) is 12.2 Å². The maximum absolute atomic E-state index is 8.67. The van der Waals surface area contributed by atoms with Crippen molar-refractivity contribution in [3.05, 3.63) is 12.2 Å². The average molecular weight is 314 g/mol. The van der Waals surface area contributed by atoms with Gasteiger partial charge in [-0.25, -0.2) is 0 Å². The molecule has 1 N–H and O–H groups in total. The molecule has 2 atom stereocenters. The first-order valence-corrected chi connectivity index (χ1v) is 8.93. The van der Waals surface area contributed by atoms with Gasteiger partial charge < -0.3 is 19.3 Å². The molecule has 0 radical (unpaired) electrons. The van der Waals surface area contributed by atoms with Crippen LogP contribution in [0.2, 0.25) is 0 Å². The molecule has 4 nitrogen and oxygen atoms in total. The third kappa shape index (κ3) is 11.2. The number of unbranched alkanes of at least 4 members (excludes halogenated alkanes) is 6. The molecule has 0 spiro atoms. The van der Waals surface area contributed by atoms with Gasteiger partial charge in [-0.3, -0.25) is 0 Å². The van der Waals surface area contributed by atoms with Gasteiger partial charge in [0, 0.05) is 6.61 Å². The molecule has 0 aromatic rings. The van der Waals surface area contributed by atoms with Crippen molar-refractivity contribution in [1.82, 2.24) is 0 Å². The first kappa shape index (κ1) is 19.6. The molecule has 1 aliphatic rings. The molecule has 1 rings (SSSR count). The summed E-state index contributed by atoms with van der Waals surface area (Å²) in [6.07, 6.45) is 15.0. The summed E-state index contributed by atoms with van der Waals surface area (Å²) < 4.78 is 16.6. The monoisotopic (exact) mass is 314 g/mol. The zero-order valence-electron chi connectivity index (χ0n) is 14.2. The second-order valence-electron chi connectivity index (χ2n) is 6.00. The van der Waals surface area contributed by atoms with E-state index < -0.39 is 0 Å². The van der Waals surface area contributed by atoms with Gasteiger partial charge in [-0.05, 0) is 45.4 Å². The summed E-state index contributed by atoms with van der Waals surface area (Å²) in [7, 11) is 0. The summed E-state index contributed by atoms with van der Waals surface area (Å²) >= 11 is 0. The van der Waals surface area contributed by atoms with Crippen LogP contribution in [0.5, 0.6) is 0 Å². The molecular weight excluding hydrogens is 280 g/mol. The van der Waals surface area contributed by atoms with E-state index >= 15 is 0 Å². The second-order valence-corrected chi connectivity index (χ2v) is 6.00. The lowest BCUT2D eigenvalue weighted by Crippen LogP contribution is -2.33. The Kier molecular flexibility index (Phi) is 12.7. The molecule has 0 amide bonds. The third-order valence-corrected chi connectivity index (χ3v) is 3.85. The van der Waals surface area contributed by atoms with Gasteiger partial charge in [0.15, 0.2) is 6.29 Å². The largest absolute Gasteiger partial charge is 0.396 e. The van der Waals surface area contributed by atoms with Crippen LogP contribution < -0.4 is 0 Å². The maximum Gasteiger partial charge on any atom is 0.181 e. The summed E-state index contributed by atoms with van der Waals surface area (Å²) in [6, 6.07) is 0. The smallest absolute Gasteiger partial charge is 0.181 e. The Morgan fingerprint density at radius 1 is 1.05 bits per heavy atom. The molecule has 1 saturated heterocycles. The van der Waals surface area contributed by atoms with Crippen LogP contribution >= 0.6 is 0 Å². The second kappa shape index (κ2) is 14.2. The highest BCUT2D eigenvalue weighted by Crippen LogP contribution is 2.13. The maximum atomic E-state index is 8.67. The fourth-order valence-corrected chi connectivity index (χ4v) is 2.53. The minimum absolute atomic E-state index is 0.167. The molecule has 1 fully saturated rings. The Labute approximate surface area is 135 Å². The molecule has 22 heavy (non-hydrogen) atoms. The summed E-state index contributed by atoms with van der Waals surface area (Å²) in [5.41, 5.74) is 0. The van der Waals surface area contributed by atoms with Crippen LogP contribution in [-0.2, 0) is 14.2 Å². The highest BCUT2D eigenvalue weighted by molar-refractivity contribution is 4.81. The topological polar surface area (TPSA) is 47.9 Å². The van der Waals surface area contributed by atoms with E-state index in [9.17, 15) is 0 Å². The van der Waals surface area contributed by atoms with Crippen LogP contribution in [0, 0.1) is 0 Å². The van der Waals surface area contributed by atoms with E-state index in [1.807, 2.05) is 0 Å². The summed E-state index contributed by atoms with van der Waals surface area (Å²) in [6.45, 7) is 4.33. The van der Waals surface area contributed by atoms with Crippen LogP contribution in [0.25, 0.3) is 0 Å². The van der Waals surface area contributed by atoms with Gasteiger partial charge in [0.05, 0.1) is 25.9 Å². The van der Waals surface area contributed by atoms with Crippen molar-refractivity contribution in [1.29, 1.82) is 0 Å². The van der Waals surface area contributed by atoms with Crippen molar-refractivity contribution in [2.24, 2.45) is 0 Å². The number of hydrogen-bond acceptors (Lipinski definition) is 4. The highest BCUT2D eigenvalue weighted by atomic mass is 16.7. The van der Waals surface area contributed by atoms with E-state index in [4.69, 9.17) is 19.3 Å². The molecule has 0 aliphatic carbocycles. The molecule has 0 saturated carbocycles. The minimum atomic E-state index is -0.167. The van der Waals surface area contributed by atoms with Gasteiger partial charge >= 0.3 is 0 Å². The Morgan fingerprint density at radius 2 is 1.77 bits per heavy atom. The lowest BCUT2D eigenvalue weighted by atomic mass is 10.1. The summed E-state index contributed by atoms with van der Waals surface area (Å²) in [5.74, 6) is 0. The van der Waals surface area contributed by atoms with Gasteiger partial charge in [0.1, 0.15) is 0 Å². The van der Waals surface area contributed by atoms with Gasteiger partial charge in [-0.2, -0.15) is 0 Å². The first-order valence-electron chi connectivity index (χ1n) is 8.93. The SMILES string of the molecule is CC(CCCCCC/C=C\CCCCO)OC1COCCO1. The van der Waals surface area contributed by atoms with Crippen molar-refractivity contribution in [3.63, 3.8) is 0 Å². The quantitative estimate of drug-likeness (QED) is 0.415. The van der Waals surface area contributed by atoms with E-state index in [2.05, 4.69) is 19.1 Å². The predicted molar refractivity (Wildman–Crippen MR) is 88.9 cm³/mol. The van der Waals surface area contributed by atoms with Gasteiger partial charge in [-0.15, -0.1) is 0 Å². The van der Waals surface area contributed by atoms with Crippen molar-refractivity contribution >= 4 is 0 Å². The molecule has 0 aromatic carbocycles. The van der Waals surface area contributed by atoms with Crippen molar-refractivity contribution < 1.29 is 19.3 Å². The van der Waals surface area contributed by atoms with Gasteiger partial charge in [0.25, 0.3) is 0 Å². The van der Waals surface area contributed by atoms with E-state index in [0.717, 1.165) is 25.7 Å². The highest BCUT2D eigenvalue weighted by Gasteiger charge is 2.17. The van der Waals surface area contributed by atoms with Crippen molar-refractivity contribution in [3.8, 4) is 0 Å². The molecular formula is C18H34O4. The minimum Gasteiger partial charge on any atom is -0.396 e. The van der Waals surface area contributed by atoms with E-state index in [1.165, 1.54) is 32.1 Å². The summed E-state index contributed by atoms with van der Waals surface area (Å²) in [5, 5.41) is 8.67. The van der Waals surface area contributed by atoms with Crippen LogP contribution in [-0.4, -0.2) is 43.9 Å². The number of aliphatic hydroxyl groups is 1. The Bertz CT molecular complexity index is 262. The molecule has 0 bridgehead atoms. The number of rotatable bonds is 13. The standard InChI is InChI=1S/C18H34O4/c1-17(22-18-16-20-14-15-21-18)12-10-8-6-4-2-3-5-7-9-11-13-19/h3,5,17-19H,2,4,6-16H2,1H3/b5-3-. The Hall–Kier alpha value is -0.420. The lowest BCUT2D eigenvalue weighted by molar-refractivity contribution is -0.228. The molecule has 1 heterocycles. The predicted octanol–water partition coefficient (Wildman–Crippen LogP) is 3.82. The van der Waals surface area contributed by atoms with Gasteiger partial charge in [-0.1, -0.05) is 31.4 Å². The van der Waals surface area contributed by atoms with E-state index in [1.54, 1.807) is 0 Å². The molecule has 2 unspecified atom stereocenters. The number of ether oxygens (including phenoxy) is 3. The normalized spacial score (nSPS) is 20.5. The van der Waals surface area contributed by atoms with E-state index in [-0.39, 0.29) is 12.4 Å². The number of hydrogen-bond donors (Lipinski definition) is 1. The molecule has 0 aromatic heterocycles. The van der Waals surface area contributed by atoms with Crippen LogP contribution in [0.1, 0.15) is 64.7 Å². The summed E-state index contributed by atoms with van der Waals surface area (Å²) in [4.78, 5) is 0.